The number of anilines is 2. The number of nitrogens with one attached hydrogen (secondary N) is 1. The first-order chi connectivity index (χ1) is 8.15. The van der Waals surface area contributed by atoms with Gasteiger partial charge in [0.2, 0.25) is 0 Å². The van der Waals surface area contributed by atoms with Crippen LogP contribution >= 0.6 is 22.9 Å². The molecule has 1 aromatic carbocycles. The van der Waals surface area contributed by atoms with Crippen LogP contribution in [-0.4, -0.2) is 14.1 Å². The van der Waals surface area contributed by atoms with Gasteiger partial charge in [-0.25, -0.2) is 0 Å². The summed E-state index contributed by atoms with van der Waals surface area (Å²) in [7, 11) is 4.08. The van der Waals surface area contributed by atoms with Gasteiger partial charge in [-0.15, -0.1) is 11.3 Å². The fourth-order valence-corrected chi connectivity index (χ4v) is 2.54. The standard InChI is InChI=1S/C13H15ClN2S/c1-16(2)11-5-3-10(4-6-11)15-9-12-7-8-13(14)17-12/h3-8,15H,9H2,1-2H3. The van der Waals surface area contributed by atoms with Crippen LogP contribution in [0.2, 0.25) is 4.34 Å². The first kappa shape index (κ1) is 12.3. The zero-order valence-electron chi connectivity index (χ0n) is 9.90. The Kier molecular flexibility index (Phi) is 3.92. The lowest BCUT2D eigenvalue weighted by molar-refractivity contribution is 1.13. The highest BCUT2D eigenvalue weighted by molar-refractivity contribution is 7.16. The summed E-state index contributed by atoms with van der Waals surface area (Å²) in [5.74, 6) is 0. The van der Waals surface area contributed by atoms with Crippen molar-refractivity contribution < 1.29 is 0 Å². The van der Waals surface area contributed by atoms with Crippen LogP contribution in [0, 0.1) is 0 Å². The lowest BCUT2D eigenvalue weighted by Gasteiger charge is -2.13. The van der Waals surface area contributed by atoms with E-state index in [4.69, 9.17) is 11.6 Å². The lowest BCUT2D eigenvalue weighted by Crippen LogP contribution is -2.08. The smallest absolute Gasteiger partial charge is 0.0931 e. The van der Waals surface area contributed by atoms with Gasteiger partial charge in [0.05, 0.1) is 4.34 Å². The summed E-state index contributed by atoms with van der Waals surface area (Å²) in [6.45, 7) is 0.818. The summed E-state index contributed by atoms with van der Waals surface area (Å²) in [5.41, 5.74) is 2.33. The van der Waals surface area contributed by atoms with Crippen LogP contribution in [0.25, 0.3) is 0 Å². The van der Waals surface area contributed by atoms with Crippen LogP contribution < -0.4 is 10.2 Å². The molecule has 0 radical (unpaired) electrons. The Hall–Kier alpha value is -1.19. The molecule has 0 fully saturated rings. The molecule has 0 spiro atoms. The predicted molar refractivity (Wildman–Crippen MR) is 77.4 cm³/mol. The Morgan fingerprint density at radius 2 is 1.82 bits per heavy atom. The number of hydrogen-bond donors (Lipinski definition) is 1. The number of hydrogen-bond acceptors (Lipinski definition) is 3. The molecule has 0 aliphatic heterocycles. The van der Waals surface area contributed by atoms with Crippen LogP contribution in [0.3, 0.4) is 0 Å². The highest BCUT2D eigenvalue weighted by atomic mass is 35.5. The maximum Gasteiger partial charge on any atom is 0.0931 e. The number of benzene rings is 1. The SMILES string of the molecule is CN(C)c1ccc(NCc2ccc(Cl)s2)cc1. The molecule has 2 aromatic rings. The van der Waals surface area contributed by atoms with Gasteiger partial charge in [0, 0.05) is 36.9 Å². The minimum atomic E-state index is 0.818. The van der Waals surface area contributed by atoms with Crippen molar-refractivity contribution in [3.05, 3.63) is 45.6 Å². The fourth-order valence-electron chi connectivity index (χ4n) is 1.51. The zero-order valence-corrected chi connectivity index (χ0v) is 11.5. The van der Waals surface area contributed by atoms with E-state index >= 15 is 0 Å². The molecule has 0 amide bonds. The van der Waals surface area contributed by atoms with Gasteiger partial charge in [0.15, 0.2) is 0 Å². The maximum absolute atomic E-state index is 5.88. The minimum absolute atomic E-state index is 0.818. The van der Waals surface area contributed by atoms with Gasteiger partial charge in [0.25, 0.3) is 0 Å². The first-order valence-electron chi connectivity index (χ1n) is 5.40. The molecular weight excluding hydrogens is 252 g/mol. The Morgan fingerprint density at radius 1 is 1.12 bits per heavy atom. The maximum atomic E-state index is 5.88. The Balaban J connectivity index is 1.95. The summed E-state index contributed by atoms with van der Waals surface area (Å²) in [6.07, 6.45) is 0. The summed E-state index contributed by atoms with van der Waals surface area (Å²) in [4.78, 5) is 3.33. The minimum Gasteiger partial charge on any atom is -0.380 e. The Morgan fingerprint density at radius 3 is 2.35 bits per heavy atom. The van der Waals surface area contributed by atoms with Gasteiger partial charge in [-0.3, -0.25) is 0 Å². The average molecular weight is 267 g/mol. The molecule has 4 heteroatoms. The second-order valence-corrected chi connectivity index (χ2v) is 5.80. The van der Waals surface area contributed by atoms with Crippen LogP contribution in [-0.2, 0) is 6.54 Å². The summed E-state index contributed by atoms with van der Waals surface area (Å²) >= 11 is 7.49. The second-order valence-electron chi connectivity index (χ2n) is 4.00. The number of rotatable bonds is 4. The van der Waals surface area contributed by atoms with E-state index in [2.05, 4.69) is 34.5 Å². The molecule has 0 atom stereocenters. The summed E-state index contributed by atoms with van der Waals surface area (Å²) in [6, 6.07) is 12.4. The molecule has 1 aromatic heterocycles. The molecule has 2 nitrogen and oxygen atoms in total. The first-order valence-corrected chi connectivity index (χ1v) is 6.60. The fraction of sp³-hybridized carbons (Fsp3) is 0.231. The molecule has 0 saturated carbocycles. The Labute approximate surface area is 111 Å². The van der Waals surface area contributed by atoms with E-state index in [0.29, 0.717) is 0 Å². The molecule has 17 heavy (non-hydrogen) atoms. The summed E-state index contributed by atoms with van der Waals surface area (Å²) in [5, 5.41) is 3.37. The van der Waals surface area contributed by atoms with Crippen molar-refractivity contribution in [3.8, 4) is 0 Å². The van der Waals surface area contributed by atoms with E-state index in [-0.39, 0.29) is 0 Å². The van der Waals surface area contributed by atoms with Crippen molar-refractivity contribution in [3.63, 3.8) is 0 Å². The van der Waals surface area contributed by atoms with E-state index < -0.39 is 0 Å². The molecule has 1 N–H and O–H groups in total. The number of halogens is 1. The summed E-state index contributed by atoms with van der Waals surface area (Å²) < 4.78 is 0.838. The van der Waals surface area contributed by atoms with Crippen molar-refractivity contribution >= 4 is 34.3 Å². The quantitative estimate of drug-likeness (QED) is 0.897. The van der Waals surface area contributed by atoms with E-state index in [0.717, 1.165) is 16.6 Å². The largest absolute Gasteiger partial charge is 0.380 e. The number of thiophene rings is 1. The monoisotopic (exact) mass is 266 g/mol. The van der Waals surface area contributed by atoms with Gasteiger partial charge >= 0.3 is 0 Å². The third-order valence-electron chi connectivity index (χ3n) is 2.48. The van der Waals surface area contributed by atoms with Gasteiger partial charge in [-0.1, -0.05) is 11.6 Å². The third kappa shape index (κ3) is 3.38. The predicted octanol–water partition coefficient (Wildman–Crippen LogP) is 4.08. The van der Waals surface area contributed by atoms with Crippen LogP contribution in [0.5, 0.6) is 0 Å². The molecular formula is C13H15ClN2S. The van der Waals surface area contributed by atoms with E-state index in [1.54, 1.807) is 11.3 Å². The molecule has 1 heterocycles. The zero-order chi connectivity index (χ0) is 12.3. The lowest BCUT2D eigenvalue weighted by atomic mass is 10.2. The highest BCUT2D eigenvalue weighted by Crippen LogP contribution is 2.22. The van der Waals surface area contributed by atoms with Crippen molar-refractivity contribution in [2.24, 2.45) is 0 Å². The van der Waals surface area contributed by atoms with Gasteiger partial charge in [0.1, 0.15) is 0 Å². The van der Waals surface area contributed by atoms with Crippen LogP contribution in [0.1, 0.15) is 4.88 Å². The van der Waals surface area contributed by atoms with Gasteiger partial charge in [-0.2, -0.15) is 0 Å². The van der Waals surface area contributed by atoms with Crippen molar-refractivity contribution in [1.29, 1.82) is 0 Å². The van der Waals surface area contributed by atoms with Crippen LogP contribution in [0.4, 0.5) is 11.4 Å². The van der Waals surface area contributed by atoms with Crippen LogP contribution in [0.15, 0.2) is 36.4 Å². The normalized spacial score (nSPS) is 10.3. The molecule has 0 bridgehead atoms. The average Bonchev–Trinajstić information content (AvgIpc) is 2.73. The topological polar surface area (TPSA) is 15.3 Å². The molecule has 0 unspecified atom stereocenters. The van der Waals surface area contributed by atoms with Crippen molar-refractivity contribution in [1.82, 2.24) is 0 Å². The Bertz CT molecular complexity index is 476. The molecule has 90 valence electrons. The second kappa shape index (κ2) is 5.43. The van der Waals surface area contributed by atoms with E-state index in [1.807, 2.05) is 26.2 Å². The number of nitrogens with zero attached hydrogens (tertiary/aromatic N) is 1. The van der Waals surface area contributed by atoms with E-state index in [1.165, 1.54) is 10.6 Å². The van der Waals surface area contributed by atoms with Gasteiger partial charge < -0.3 is 10.2 Å². The molecule has 0 aliphatic rings. The van der Waals surface area contributed by atoms with Crippen molar-refractivity contribution in [2.75, 3.05) is 24.3 Å². The third-order valence-corrected chi connectivity index (χ3v) is 3.71. The molecule has 2 rings (SSSR count). The van der Waals surface area contributed by atoms with Gasteiger partial charge in [-0.05, 0) is 36.4 Å². The highest BCUT2D eigenvalue weighted by Gasteiger charge is 1.99. The molecule has 0 aliphatic carbocycles. The van der Waals surface area contributed by atoms with E-state index in [9.17, 15) is 0 Å². The van der Waals surface area contributed by atoms with Crippen molar-refractivity contribution in [2.45, 2.75) is 6.54 Å². The molecule has 0 saturated heterocycles.